The van der Waals surface area contributed by atoms with Crippen LogP contribution in [0.4, 0.5) is 0 Å². The van der Waals surface area contributed by atoms with E-state index in [1.807, 2.05) is 26.0 Å². The maximum Gasteiger partial charge on any atom is 0.182 e. The van der Waals surface area contributed by atoms with Crippen LogP contribution in [0.15, 0.2) is 53.4 Å². The molecule has 0 aliphatic rings. The average Bonchev–Trinajstić information content (AvgIpc) is 2.48. The van der Waals surface area contributed by atoms with Gasteiger partial charge in [-0.1, -0.05) is 24.3 Å². The molecule has 2 rings (SSSR count). The van der Waals surface area contributed by atoms with E-state index >= 15 is 0 Å². The third-order valence-corrected chi connectivity index (χ3v) is 4.74. The average molecular weight is 320 g/mol. The van der Waals surface area contributed by atoms with Crippen molar-refractivity contribution in [1.29, 1.82) is 0 Å². The van der Waals surface area contributed by atoms with E-state index in [1.54, 1.807) is 30.3 Å². The second-order valence-corrected chi connectivity index (χ2v) is 7.20. The molecule has 0 aliphatic carbocycles. The fourth-order valence-corrected chi connectivity index (χ4v) is 3.47. The molecule has 5 heteroatoms. The molecule has 0 atom stereocenters. The first-order valence-electron chi connectivity index (χ1n) is 7.04. The molecule has 2 aromatic rings. The van der Waals surface area contributed by atoms with Crippen LogP contribution >= 0.6 is 0 Å². The van der Waals surface area contributed by atoms with E-state index in [0.29, 0.717) is 17.1 Å². The Morgan fingerprint density at radius 2 is 1.77 bits per heavy atom. The zero-order valence-electron chi connectivity index (χ0n) is 12.9. The summed E-state index contributed by atoms with van der Waals surface area (Å²) in [6.45, 7) is 3.82. The summed E-state index contributed by atoms with van der Waals surface area (Å²) in [4.78, 5) is 0.242. The van der Waals surface area contributed by atoms with E-state index in [1.165, 1.54) is 13.2 Å². The number of methoxy groups -OCH3 is 1. The van der Waals surface area contributed by atoms with Crippen LogP contribution < -0.4 is 9.47 Å². The van der Waals surface area contributed by atoms with Gasteiger partial charge in [0.25, 0.3) is 0 Å². The lowest BCUT2D eigenvalue weighted by Gasteiger charge is -2.14. The number of hydrogen-bond acceptors (Lipinski definition) is 4. The molecule has 0 heterocycles. The summed E-state index contributed by atoms with van der Waals surface area (Å²) >= 11 is 0. The molecule has 22 heavy (non-hydrogen) atoms. The van der Waals surface area contributed by atoms with Crippen molar-refractivity contribution in [3.8, 4) is 11.5 Å². The van der Waals surface area contributed by atoms with Crippen LogP contribution in [-0.4, -0.2) is 21.6 Å². The molecule has 0 radical (unpaired) electrons. The second kappa shape index (κ2) is 6.83. The van der Waals surface area contributed by atoms with Gasteiger partial charge in [0.15, 0.2) is 9.84 Å². The Morgan fingerprint density at radius 3 is 2.45 bits per heavy atom. The van der Waals surface area contributed by atoms with Crippen molar-refractivity contribution >= 4 is 9.84 Å². The maximum atomic E-state index is 12.6. The van der Waals surface area contributed by atoms with Gasteiger partial charge in [-0.15, -0.1) is 0 Å². The summed E-state index contributed by atoms with van der Waals surface area (Å²) in [5, 5.41) is 0. The molecule has 0 amide bonds. The van der Waals surface area contributed by atoms with Gasteiger partial charge in [-0.25, -0.2) is 8.42 Å². The minimum atomic E-state index is -3.46. The first kappa shape index (κ1) is 16.4. The highest BCUT2D eigenvalue weighted by atomic mass is 32.2. The van der Waals surface area contributed by atoms with Gasteiger partial charge in [-0.2, -0.15) is 0 Å². The van der Waals surface area contributed by atoms with Crippen LogP contribution in [0.5, 0.6) is 11.5 Å². The Hall–Kier alpha value is -2.01. The Morgan fingerprint density at radius 1 is 1.05 bits per heavy atom. The highest BCUT2D eigenvalue weighted by molar-refractivity contribution is 7.90. The summed E-state index contributed by atoms with van der Waals surface area (Å²) in [6, 6.07) is 13.7. The summed E-state index contributed by atoms with van der Waals surface area (Å²) in [5.41, 5.74) is 0.652. The molecule has 0 N–H and O–H groups in total. The molecule has 0 fully saturated rings. The van der Waals surface area contributed by atoms with E-state index in [4.69, 9.17) is 9.47 Å². The summed E-state index contributed by atoms with van der Waals surface area (Å²) < 4.78 is 36.0. The van der Waals surface area contributed by atoms with Crippen LogP contribution in [-0.2, 0) is 15.6 Å². The minimum absolute atomic E-state index is 0.0133. The van der Waals surface area contributed by atoms with Crippen molar-refractivity contribution < 1.29 is 17.9 Å². The Kier molecular flexibility index (Phi) is 5.08. The SMILES string of the molecule is COc1cccc(S(=O)(=O)Cc2ccccc2OC(C)C)c1. The summed E-state index contributed by atoms with van der Waals surface area (Å²) in [6.07, 6.45) is -0.0133. The van der Waals surface area contributed by atoms with Crippen LogP contribution in [0.2, 0.25) is 0 Å². The standard InChI is InChI=1S/C17H20O4S/c1-13(2)21-17-10-5-4-7-14(17)12-22(18,19)16-9-6-8-15(11-16)20-3/h4-11,13H,12H2,1-3H3. The first-order chi connectivity index (χ1) is 10.4. The van der Waals surface area contributed by atoms with Gasteiger partial charge in [0, 0.05) is 5.56 Å². The molecule has 0 unspecified atom stereocenters. The number of hydrogen-bond donors (Lipinski definition) is 0. The fourth-order valence-electron chi connectivity index (χ4n) is 2.07. The fraction of sp³-hybridized carbons (Fsp3) is 0.294. The van der Waals surface area contributed by atoms with Gasteiger partial charge in [0.2, 0.25) is 0 Å². The monoisotopic (exact) mass is 320 g/mol. The smallest absolute Gasteiger partial charge is 0.182 e. The third kappa shape index (κ3) is 4.01. The molecule has 0 aromatic heterocycles. The molecule has 0 saturated heterocycles. The number of rotatable bonds is 6. The summed E-state index contributed by atoms with van der Waals surface area (Å²) in [5.74, 6) is 1.01. The lowest BCUT2D eigenvalue weighted by molar-refractivity contribution is 0.240. The van der Waals surface area contributed by atoms with Crippen LogP contribution in [0.1, 0.15) is 19.4 Å². The predicted molar refractivity (Wildman–Crippen MR) is 86.1 cm³/mol. The van der Waals surface area contributed by atoms with Gasteiger partial charge in [-0.05, 0) is 38.1 Å². The molecule has 2 aromatic carbocycles. The quantitative estimate of drug-likeness (QED) is 0.818. The predicted octanol–water partition coefficient (Wildman–Crippen LogP) is 3.46. The molecular weight excluding hydrogens is 300 g/mol. The highest BCUT2D eigenvalue weighted by Crippen LogP contribution is 2.26. The van der Waals surface area contributed by atoms with Crippen LogP contribution in [0.3, 0.4) is 0 Å². The zero-order chi connectivity index (χ0) is 16.2. The van der Waals surface area contributed by atoms with Crippen molar-refractivity contribution in [2.75, 3.05) is 7.11 Å². The number of benzene rings is 2. The molecular formula is C17H20O4S. The van der Waals surface area contributed by atoms with Gasteiger partial charge >= 0.3 is 0 Å². The first-order valence-corrected chi connectivity index (χ1v) is 8.69. The van der Waals surface area contributed by atoms with Gasteiger partial charge in [-0.3, -0.25) is 0 Å². The molecule has 118 valence electrons. The Labute approximate surface area is 131 Å². The van der Waals surface area contributed by atoms with E-state index < -0.39 is 9.84 Å². The van der Waals surface area contributed by atoms with Crippen molar-refractivity contribution in [1.82, 2.24) is 0 Å². The highest BCUT2D eigenvalue weighted by Gasteiger charge is 2.18. The van der Waals surface area contributed by atoms with Crippen LogP contribution in [0.25, 0.3) is 0 Å². The van der Waals surface area contributed by atoms with Gasteiger partial charge in [0.05, 0.1) is 23.9 Å². The molecule has 0 spiro atoms. The van der Waals surface area contributed by atoms with E-state index in [-0.39, 0.29) is 16.8 Å². The lowest BCUT2D eigenvalue weighted by atomic mass is 10.2. The third-order valence-electron chi connectivity index (χ3n) is 3.08. The van der Waals surface area contributed by atoms with E-state index in [2.05, 4.69) is 0 Å². The van der Waals surface area contributed by atoms with E-state index in [0.717, 1.165) is 0 Å². The number of sulfone groups is 1. The Bertz CT molecular complexity index is 736. The largest absolute Gasteiger partial charge is 0.497 e. The Balaban J connectivity index is 2.32. The summed E-state index contributed by atoms with van der Waals surface area (Å²) in [7, 11) is -1.95. The molecule has 0 saturated carbocycles. The molecule has 0 aliphatic heterocycles. The van der Waals surface area contributed by atoms with Crippen molar-refractivity contribution in [2.24, 2.45) is 0 Å². The number of para-hydroxylation sites is 1. The van der Waals surface area contributed by atoms with Gasteiger partial charge in [0.1, 0.15) is 11.5 Å². The van der Waals surface area contributed by atoms with Gasteiger partial charge < -0.3 is 9.47 Å². The van der Waals surface area contributed by atoms with E-state index in [9.17, 15) is 8.42 Å². The molecule has 0 bridgehead atoms. The zero-order valence-corrected chi connectivity index (χ0v) is 13.8. The van der Waals surface area contributed by atoms with Crippen LogP contribution in [0, 0.1) is 0 Å². The number of ether oxygens (including phenoxy) is 2. The topological polar surface area (TPSA) is 52.6 Å². The maximum absolute atomic E-state index is 12.6. The van der Waals surface area contributed by atoms with Crippen molar-refractivity contribution in [3.63, 3.8) is 0 Å². The minimum Gasteiger partial charge on any atom is -0.497 e. The van der Waals surface area contributed by atoms with Crippen molar-refractivity contribution in [3.05, 3.63) is 54.1 Å². The lowest BCUT2D eigenvalue weighted by Crippen LogP contribution is -2.10. The molecule has 4 nitrogen and oxygen atoms in total. The second-order valence-electron chi connectivity index (χ2n) is 5.21. The van der Waals surface area contributed by atoms with Crippen molar-refractivity contribution in [2.45, 2.75) is 30.6 Å². The normalized spacial score (nSPS) is 11.5.